The molecule has 46 heavy (non-hydrogen) atoms. The molecule has 0 amide bonds. The van der Waals surface area contributed by atoms with Gasteiger partial charge in [0.1, 0.15) is 4.88 Å². The number of aryl methyl sites for hydroxylation is 1. The van der Waals surface area contributed by atoms with E-state index in [0.29, 0.717) is 30.6 Å². The summed E-state index contributed by atoms with van der Waals surface area (Å²) in [5, 5.41) is -0.0299. The Labute approximate surface area is 276 Å². The zero-order valence-corrected chi connectivity index (χ0v) is 30.3. The van der Waals surface area contributed by atoms with Crippen molar-refractivity contribution in [2.45, 2.75) is 128 Å². The molecule has 0 N–H and O–H groups in total. The molecule has 0 spiro atoms. The number of thiophene rings is 1. The van der Waals surface area contributed by atoms with Crippen molar-refractivity contribution in [3.63, 3.8) is 0 Å². The molecule has 12 heteroatoms. The van der Waals surface area contributed by atoms with E-state index in [0.717, 1.165) is 37.7 Å². The maximum absolute atomic E-state index is 15.0. The third kappa shape index (κ3) is 8.26. The zero-order chi connectivity index (χ0) is 34.6. The van der Waals surface area contributed by atoms with Crippen LogP contribution in [0.25, 0.3) is 0 Å². The minimum absolute atomic E-state index is 0.0167. The predicted octanol–water partition coefficient (Wildman–Crippen LogP) is 8.82. The molecule has 0 aliphatic heterocycles. The fourth-order valence-electron chi connectivity index (χ4n) is 6.66. The van der Waals surface area contributed by atoms with Gasteiger partial charge in [-0.15, -0.1) is 11.3 Å². The van der Waals surface area contributed by atoms with Crippen molar-refractivity contribution in [1.82, 2.24) is 0 Å². The van der Waals surface area contributed by atoms with Gasteiger partial charge in [-0.2, -0.15) is 13.2 Å². The zero-order valence-electron chi connectivity index (χ0n) is 28.5. The van der Waals surface area contributed by atoms with Gasteiger partial charge in [-0.25, -0.2) is 14.4 Å². The maximum Gasteiger partial charge on any atom is 0.428 e. The Bertz CT molecular complexity index is 1240. The lowest BCUT2D eigenvalue weighted by Gasteiger charge is -2.51. The highest BCUT2D eigenvalue weighted by molar-refractivity contribution is 7.13. The first-order valence-electron chi connectivity index (χ1n) is 16.3. The average Bonchev–Trinajstić information content (AvgIpc) is 3.56. The first-order valence-corrected chi connectivity index (χ1v) is 20.0. The molecule has 7 nitrogen and oxygen atoms in total. The number of hydrogen-bond acceptors (Lipinski definition) is 8. The van der Waals surface area contributed by atoms with Crippen molar-refractivity contribution < 1.29 is 46.2 Å². The van der Waals surface area contributed by atoms with Gasteiger partial charge in [-0.05, 0) is 99.4 Å². The van der Waals surface area contributed by atoms with Gasteiger partial charge in [0.25, 0.3) is 0 Å². The van der Waals surface area contributed by atoms with Crippen molar-refractivity contribution in [2.24, 2.45) is 17.3 Å². The average molecular weight is 689 g/mol. The van der Waals surface area contributed by atoms with Gasteiger partial charge < -0.3 is 18.6 Å². The summed E-state index contributed by atoms with van der Waals surface area (Å²) in [5.74, 6) is -5.19. The molecule has 3 rings (SSSR count). The second-order valence-electron chi connectivity index (χ2n) is 14.3. The fourth-order valence-corrected chi connectivity index (χ4v) is 9.04. The van der Waals surface area contributed by atoms with Crippen molar-refractivity contribution in [3.8, 4) is 0 Å². The molecule has 0 aromatic carbocycles. The molecule has 1 unspecified atom stereocenters. The van der Waals surface area contributed by atoms with Gasteiger partial charge in [0.15, 0.2) is 8.32 Å². The maximum atomic E-state index is 15.0. The number of carbonyl (C=O) groups excluding carboxylic acids is 3. The van der Waals surface area contributed by atoms with Crippen LogP contribution in [0.4, 0.5) is 13.2 Å². The van der Waals surface area contributed by atoms with E-state index in [2.05, 4.69) is 45.5 Å². The number of esters is 3. The monoisotopic (exact) mass is 688 g/mol. The summed E-state index contributed by atoms with van der Waals surface area (Å²) in [6.07, 6.45) is 4.15. The summed E-state index contributed by atoms with van der Waals surface area (Å²) in [6.45, 7) is 13.1. The van der Waals surface area contributed by atoms with Gasteiger partial charge in [-0.3, -0.25) is 0 Å². The van der Waals surface area contributed by atoms with Crippen LogP contribution in [0.3, 0.4) is 0 Å². The molecule has 1 heterocycles. The van der Waals surface area contributed by atoms with Crippen molar-refractivity contribution in [1.29, 1.82) is 0 Å². The Morgan fingerprint density at radius 1 is 1.07 bits per heavy atom. The number of methoxy groups -OCH3 is 2. The number of hydrogen-bond donors (Lipinski definition) is 0. The number of halogens is 3. The van der Waals surface area contributed by atoms with Crippen molar-refractivity contribution in [2.75, 3.05) is 14.2 Å². The lowest BCUT2D eigenvalue weighted by atomic mass is 9.63. The van der Waals surface area contributed by atoms with E-state index in [1.54, 1.807) is 18.2 Å². The summed E-state index contributed by atoms with van der Waals surface area (Å²) < 4.78 is 66.2. The van der Waals surface area contributed by atoms with Crippen LogP contribution in [0.15, 0.2) is 24.3 Å². The van der Waals surface area contributed by atoms with Crippen LogP contribution in [0, 0.1) is 17.3 Å². The number of carbonyl (C=O) groups is 3. The topological polar surface area (TPSA) is 88.1 Å². The first-order chi connectivity index (χ1) is 21.4. The Morgan fingerprint density at radius 2 is 1.74 bits per heavy atom. The van der Waals surface area contributed by atoms with E-state index < -0.39 is 56.3 Å². The van der Waals surface area contributed by atoms with E-state index in [1.807, 2.05) is 6.07 Å². The molecular weight excluding hydrogens is 638 g/mol. The number of rotatable bonds is 13. The molecule has 2 aliphatic carbocycles. The van der Waals surface area contributed by atoms with E-state index >= 15 is 0 Å². The Morgan fingerprint density at radius 3 is 2.26 bits per heavy atom. The summed E-state index contributed by atoms with van der Waals surface area (Å²) >= 11 is 1.30. The SMILES string of the molecule is CCC1(C(CC=C[C@@H]2[C@@H](CCCc3ccc(C(=O)OC)s3)CC[C@@]2(OC(=O)C(=O)OC)C(F)(F)F)O[Si](C)(C)C(C)(C)C)CCC1. The van der Waals surface area contributed by atoms with Crippen molar-refractivity contribution in [3.05, 3.63) is 34.0 Å². The second kappa shape index (κ2) is 14.9. The minimum atomic E-state index is -4.92. The second-order valence-corrected chi connectivity index (χ2v) is 20.3. The minimum Gasteiger partial charge on any atom is -0.465 e. The lowest BCUT2D eigenvalue weighted by molar-refractivity contribution is -0.278. The molecule has 0 radical (unpaired) electrons. The molecule has 2 aliphatic rings. The summed E-state index contributed by atoms with van der Waals surface area (Å²) in [6, 6.07) is 3.51. The van der Waals surface area contributed by atoms with Crippen LogP contribution in [0.5, 0.6) is 0 Å². The quantitative estimate of drug-likeness (QED) is 0.0673. The third-order valence-electron chi connectivity index (χ3n) is 10.8. The summed E-state index contributed by atoms with van der Waals surface area (Å²) in [4.78, 5) is 37.7. The highest BCUT2D eigenvalue weighted by Gasteiger charge is 2.66. The van der Waals surface area contributed by atoms with Crippen LogP contribution in [-0.2, 0) is 34.6 Å². The number of ether oxygens (including phenoxy) is 3. The van der Waals surface area contributed by atoms with E-state index in [9.17, 15) is 27.6 Å². The third-order valence-corrected chi connectivity index (χ3v) is 16.4. The predicted molar refractivity (Wildman–Crippen MR) is 174 cm³/mol. The Kier molecular flexibility index (Phi) is 12.4. The van der Waals surface area contributed by atoms with Gasteiger partial charge in [0, 0.05) is 10.8 Å². The van der Waals surface area contributed by atoms with E-state index in [1.165, 1.54) is 18.4 Å². The normalized spacial score (nSPS) is 24.0. The van der Waals surface area contributed by atoms with Crippen LogP contribution in [0.2, 0.25) is 18.1 Å². The molecular formula is C34H51F3O7SSi. The molecule has 0 saturated heterocycles. The highest BCUT2D eigenvalue weighted by Crippen LogP contribution is 2.55. The van der Waals surface area contributed by atoms with Crippen LogP contribution >= 0.6 is 11.3 Å². The standard InChI is InChI=1S/C34H51F3O7SSi/c1-9-32(20-12-21-32)27(44-46(7,8)31(2,3)4)16-11-15-25-23(13-10-14-24-17-18-26(45-24)28(38)41-5)19-22-33(25,34(35,36)37)43-30(40)29(39)42-6/h11,15,17-18,23,25,27H,9-10,12-14,16,19-22H2,1-8H3/t23-,25+,27?,33-/m0/s1. The molecule has 0 bridgehead atoms. The van der Waals surface area contributed by atoms with Gasteiger partial charge in [0.2, 0.25) is 5.60 Å². The summed E-state index contributed by atoms with van der Waals surface area (Å²) in [5.41, 5.74) is -2.87. The molecule has 1 aromatic rings. The molecule has 2 fully saturated rings. The van der Waals surface area contributed by atoms with E-state index in [-0.39, 0.29) is 23.0 Å². The van der Waals surface area contributed by atoms with Gasteiger partial charge in [-0.1, -0.05) is 46.3 Å². The largest absolute Gasteiger partial charge is 0.465 e. The van der Waals surface area contributed by atoms with Gasteiger partial charge >= 0.3 is 24.1 Å². The van der Waals surface area contributed by atoms with Crippen LogP contribution in [0.1, 0.15) is 100 Å². The Balaban J connectivity index is 1.91. The first kappa shape index (κ1) is 38.3. The van der Waals surface area contributed by atoms with Crippen LogP contribution < -0.4 is 0 Å². The Hall–Kier alpha value is -2.18. The smallest absolute Gasteiger partial charge is 0.428 e. The highest BCUT2D eigenvalue weighted by atomic mass is 32.1. The lowest BCUT2D eigenvalue weighted by Crippen LogP contribution is -2.53. The van der Waals surface area contributed by atoms with Crippen LogP contribution in [-0.4, -0.2) is 58.3 Å². The molecule has 1 aromatic heterocycles. The number of alkyl halides is 3. The molecule has 4 atom stereocenters. The molecule has 260 valence electrons. The summed E-state index contributed by atoms with van der Waals surface area (Å²) in [7, 11) is 0.0542. The molecule has 2 saturated carbocycles. The van der Waals surface area contributed by atoms with Crippen molar-refractivity contribution >= 4 is 37.6 Å². The fraction of sp³-hybridized carbons (Fsp3) is 0.735. The van der Waals surface area contributed by atoms with Gasteiger partial charge in [0.05, 0.1) is 20.3 Å². The van der Waals surface area contributed by atoms with E-state index in [4.69, 9.17) is 13.9 Å².